The highest BCUT2D eigenvalue weighted by molar-refractivity contribution is 7.91. The van der Waals surface area contributed by atoms with Crippen molar-refractivity contribution < 1.29 is 17.9 Å². The monoisotopic (exact) mass is 476 g/mol. The summed E-state index contributed by atoms with van der Waals surface area (Å²) < 4.78 is 33.5. The quantitative estimate of drug-likeness (QED) is 0.378. The molecule has 1 aliphatic heterocycles. The molecule has 0 atom stereocenters. The largest absolute Gasteiger partial charge is 0.378 e. The normalized spacial score (nSPS) is 14.4. The lowest BCUT2D eigenvalue weighted by atomic mass is 10.0. The van der Waals surface area contributed by atoms with E-state index in [1.54, 1.807) is 65.5 Å². The third kappa shape index (κ3) is 4.57. The number of fused-ring (bicyclic) bond motifs is 1. The number of anilines is 1. The molecule has 34 heavy (non-hydrogen) atoms. The van der Waals surface area contributed by atoms with Crippen LogP contribution in [0.2, 0.25) is 0 Å². The number of benzene rings is 2. The van der Waals surface area contributed by atoms with E-state index in [9.17, 15) is 13.2 Å². The first kappa shape index (κ1) is 22.2. The van der Waals surface area contributed by atoms with Gasteiger partial charge in [0.2, 0.25) is 15.6 Å². The van der Waals surface area contributed by atoms with Crippen LogP contribution in [-0.4, -0.2) is 54.9 Å². The summed E-state index contributed by atoms with van der Waals surface area (Å²) in [6, 6.07) is 13.8. The Hall–Kier alpha value is -3.56. The van der Waals surface area contributed by atoms with Gasteiger partial charge in [0.15, 0.2) is 5.78 Å². The summed E-state index contributed by atoms with van der Waals surface area (Å²) in [5, 5.41) is 0. The summed E-state index contributed by atoms with van der Waals surface area (Å²) in [4.78, 5) is 23.5. The van der Waals surface area contributed by atoms with Crippen molar-refractivity contribution in [1.82, 2.24) is 14.4 Å². The summed E-state index contributed by atoms with van der Waals surface area (Å²) >= 11 is 0. The fourth-order valence-electron chi connectivity index (χ4n) is 4.00. The molecule has 1 saturated heterocycles. The molecule has 9 heteroatoms. The summed E-state index contributed by atoms with van der Waals surface area (Å²) in [6.45, 7) is 2.75. The third-order valence-corrected chi connectivity index (χ3v) is 7.71. The van der Waals surface area contributed by atoms with E-state index in [4.69, 9.17) is 4.74 Å². The lowest BCUT2D eigenvalue weighted by Gasteiger charge is -2.29. The smallest absolute Gasteiger partial charge is 0.233 e. The van der Waals surface area contributed by atoms with E-state index in [1.165, 1.54) is 6.20 Å². The van der Waals surface area contributed by atoms with Gasteiger partial charge in [0.05, 0.1) is 28.6 Å². The Balaban J connectivity index is 1.27. The van der Waals surface area contributed by atoms with Crippen LogP contribution in [-0.2, 0) is 21.0 Å². The minimum absolute atomic E-state index is 0.0280. The van der Waals surface area contributed by atoms with Crippen molar-refractivity contribution in [1.29, 1.82) is 0 Å². The fraction of sp³-hybridized carbons (Fsp3) is 0.240. The number of Topliss-reactive ketones (excluding diaryl/α,β-unsaturated/α-hetero) is 1. The molecule has 8 nitrogen and oxygen atoms in total. The number of morpholine rings is 1. The number of ether oxygens (including phenoxy) is 1. The molecule has 0 aliphatic carbocycles. The lowest BCUT2D eigenvalue weighted by molar-refractivity contribution is 0.0982. The first-order valence-electron chi connectivity index (χ1n) is 11.1. The Bertz CT molecular complexity index is 1420. The molecule has 4 aromatic rings. The van der Waals surface area contributed by atoms with Crippen molar-refractivity contribution in [2.45, 2.75) is 22.6 Å². The number of imidazole rings is 1. The molecule has 0 spiro atoms. The van der Waals surface area contributed by atoms with Crippen LogP contribution in [0.1, 0.15) is 22.3 Å². The number of rotatable bonds is 7. The van der Waals surface area contributed by atoms with Gasteiger partial charge in [-0.25, -0.2) is 18.4 Å². The maximum Gasteiger partial charge on any atom is 0.233 e. The third-order valence-electron chi connectivity index (χ3n) is 5.95. The Morgan fingerprint density at radius 3 is 2.59 bits per heavy atom. The zero-order valence-electron chi connectivity index (χ0n) is 18.5. The minimum Gasteiger partial charge on any atom is -0.378 e. The number of sulfone groups is 1. The highest BCUT2D eigenvalue weighted by Crippen LogP contribution is 2.26. The fourth-order valence-corrected chi connectivity index (χ4v) is 5.30. The average Bonchev–Trinajstić information content (AvgIpc) is 3.36. The Kier molecular flexibility index (Phi) is 6.12. The Morgan fingerprint density at radius 1 is 1.00 bits per heavy atom. The summed E-state index contributed by atoms with van der Waals surface area (Å²) in [5.41, 5.74) is 2.29. The zero-order chi connectivity index (χ0) is 23.5. The second-order valence-corrected chi connectivity index (χ2v) is 10.1. The second kappa shape index (κ2) is 9.36. The number of carbonyl (C=O) groups excluding carboxylic acids is 1. The number of hydrogen-bond donors (Lipinski definition) is 0. The van der Waals surface area contributed by atoms with Crippen LogP contribution < -0.4 is 4.90 Å². The maximum atomic E-state index is 13.2. The van der Waals surface area contributed by atoms with Crippen LogP contribution in [0.5, 0.6) is 0 Å². The maximum absolute atomic E-state index is 13.2. The van der Waals surface area contributed by atoms with E-state index in [0.717, 1.165) is 24.3 Å². The molecule has 0 N–H and O–H groups in total. The molecule has 0 radical (unpaired) electrons. The van der Waals surface area contributed by atoms with Gasteiger partial charge in [0.25, 0.3) is 0 Å². The molecule has 2 aromatic heterocycles. The molecule has 2 aromatic carbocycles. The van der Waals surface area contributed by atoms with E-state index in [-0.39, 0.29) is 15.6 Å². The molecule has 0 unspecified atom stereocenters. The van der Waals surface area contributed by atoms with Crippen molar-refractivity contribution in [2.24, 2.45) is 0 Å². The molecule has 3 heterocycles. The van der Waals surface area contributed by atoms with Gasteiger partial charge < -0.3 is 9.64 Å². The van der Waals surface area contributed by atoms with Gasteiger partial charge in [-0.3, -0.25) is 9.20 Å². The molecule has 174 valence electrons. The van der Waals surface area contributed by atoms with E-state index < -0.39 is 9.84 Å². The number of aryl methyl sites for hydroxylation is 1. The number of aromatic nitrogens is 3. The number of ketones is 1. The van der Waals surface area contributed by atoms with Gasteiger partial charge in [0.1, 0.15) is 0 Å². The van der Waals surface area contributed by atoms with E-state index >= 15 is 0 Å². The predicted octanol–water partition coefficient (Wildman–Crippen LogP) is 3.21. The van der Waals surface area contributed by atoms with Gasteiger partial charge in [0, 0.05) is 50.0 Å². The van der Waals surface area contributed by atoms with Gasteiger partial charge in [-0.15, -0.1) is 0 Å². The molecular formula is C25H24N4O4S. The second-order valence-electron chi connectivity index (χ2n) is 8.14. The number of hydrogen-bond acceptors (Lipinski definition) is 7. The molecule has 0 saturated carbocycles. The van der Waals surface area contributed by atoms with Gasteiger partial charge in [-0.05, 0) is 42.3 Å². The van der Waals surface area contributed by atoms with Crippen molar-refractivity contribution in [3.05, 3.63) is 84.4 Å². The number of nitrogens with zero attached hydrogens (tertiary/aromatic N) is 4. The summed E-state index contributed by atoms with van der Waals surface area (Å²) in [7, 11) is -3.65. The first-order chi connectivity index (χ1) is 16.5. The Morgan fingerprint density at radius 2 is 1.79 bits per heavy atom. The first-order valence-corrected chi connectivity index (χ1v) is 12.6. The van der Waals surface area contributed by atoms with Crippen molar-refractivity contribution in [3.8, 4) is 0 Å². The molecule has 5 rings (SSSR count). The van der Waals surface area contributed by atoms with Crippen molar-refractivity contribution in [3.63, 3.8) is 0 Å². The lowest BCUT2D eigenvalue weighted by Crippen LogP contribution is -2.36. The zero-order valence-corrected chi connectivity index (χ0v) is 19.3. The molecule has 0 bridgehead atoms. The summed E-state index contributed by atoms with van der Waals surface area (Å²) in [5.74, 6) is 0.517. The molecule has 0 amide bonds. The van der Waals surface area contributed by atoms with E-state index in [1.807, 2.05) is 6.07 Å². The highest BCUT2D eigenvalue weighted by atomic mass is 32.2. The standard InChI is InChI=1S/C25H24N4O4S/c30-24(20-17-27-25-26-10-11-29(25)18-20)9-6-19-4-7-22(8-5-19)34(31,32)23-3-1-2-21(16-23)28-12-14-33-15-13-28/h1-5,7-8,10-11,16-18H,6,9,12-15H2. The van der Waals surface area contributed by atoms with Crippen molar-refractivity contribution in [2.75, 3.05) is 31.2 Å². The van der Waals surface area contributed by atoms with Gasteiger partial charge >= 0.3 is 0 Å². The van der Waals surface area contributed by atoms with E-state index in [2.05, 4.69) is 14.9 Å². The van der Waals surface area contributed by atoms with Crippen LogP contribution in [0.15, 0.2) is 83.1 Å². The molecular weight excluding hydrogens is 452 g/mol. The predicted molar refractivity (Wildman–Crippen MR) is 127 cm³/mol. The highest BCUT2D eigenvalue weighted by Gasteiger charge is 2.20. The van der Waals surface area contributed by atoms with Crippen LogP contribution >= 0.6 is 0 Å². The van der Waals surface area contributed by atoms with Crippen LogP contribution in [0.25, 0.3) is 5.78 Å². The van der Waals surface area contributed by atoms with Gasteiger partial charge in [-0.2, -0.15) is 0 Å². The van der Waals surface area contributed by atoms with Crippen LogP contribution in [0.3, 0.4) is 0 Å². The van der Waals surface area contributed by atoms with Crippen molar-refractivity contribution >= 4 is 27.1 Å². The average molecular weight is 477 g/mol. The SMILES string of the molecule is O=C(CCc1ccc(S(=O)(=O)c2cccc(N3CCOCC3)c2)cc1)c1cnc2nccn2c1. The topological polar surface area (TPSA) is 93.9 Å². The van der Waals surface area contributed by atoms with E-state index in [0.29, 0.717) is 37.4 Å². The van der Waals surface area contributed by atoms with Gasteiger partial charge in [-0.1, -0.05) is 18.2 Å². The van der Waals surface area contributed by atoms with Crippen LogP contribution in [0, 0.1) is 0 Å². The van der Waals surface area contributed by atoms with Crippen LogP contribution in [0.4, 0.5) is 5.69 Å². The summed E-state index contributed by atoms with van der Waals surface area (Å²) in [6.07, 6.45) is 7.44. The minimum atomic E-state index is -3.65. The number of carbonyl (C=O) groups is 1. The molecule has 1 fully saturated rings. The Labute approximate surface area is 197 Å². The molecule has 1 aliphatic rings.